The number of hydrogen-bond acceptors (Lipinski definition) is 4. The summed E-state index contributed by atoms with van der Waals surface area (Å²) in [7, 11) is 0. The van der Waals surface area contributed by atoms with Crippen LogP contribution in [0.2, 0.25) is 5.02 Å². The first-order chi connectivity index (χ1) is 11.8. The number of anilines is 1. The minimum absolute atomic E-state index is 0.143. The predicted molar refractivity (Wildman–Crippen MR) is 87.5 cm³/mol. The first-order valence-corrected chi connectivity index (χ1v) is 7.56. The molecule has 0 spiro atoms. The van der Waals surface area contributed by atoms with Gasteiger partial charge in [0, 0.05) is 5.69 Å². The Morgan fingerprint density at radius 2 is 1.84 bits per heavy atom. The highest BCUT2D eigenvalue weighted by molar-refractivity contribution is 6.31. The number of halogens is 3. The Morgan fingerprint density at radius 3 is 2.48 bits per heavy atom. The first-order valence-electron chi connectivity index (χ1n) is 7.19. The van der Waals surface area contributed by atoms with Gasteiger partial charge in [0.1, 0.15) is 17.4 Å². The van der Waals surface area contributed by atoms with Crippen LogP contribution in [0.4, 0.5) is 14.5 Å². The molecule has 5 nitrogen and oxygen atoms in total. The maximum atomic E-state index is 13.1. The van der Waals surface area contributed by atoms with Crippen LogP contribution < -0.4 is 10.1 Å². The molecule has 2 aromatic rings. The minimum atomic E-state index is -1.10. The fraction of sp³-hybridized carbons (Fsp3) is 0.176. The Balaban J connectivity index is 1.82. The molecular formula is C17H14ClF2NO4. The van der Waals surface area contributed by atoms with Gasteiger partial charge in [-0.25, -0.2) is 13.6 Å². The summed E-state index contributed by atoms with van der Waals surface area (Å²) in [4.78, 5) is 23.6. The molecule has 0 aliphatic heterocycles. The van der Waals surface area contributed by atoms with Crippen molar-refractivity contribution in [3.05, 3.63) is 59.1 Å². The lowest BCUT2D eigenvalue weighted by molar-refractivity contribution is -0.155. The number of rotatable bonds is 6. The van der Waals surface area contributed by atoms with Crippen molar-refractivity contribution in [2.24, 2.45) is 0 Å². The molecule has 0 saturated carbocycles. The van der Waals surface area contributed by atoms with Crippen LogP contribution in [0, 0.1) is 11.6 Å². The SMILES string of the molecule is C[C@@H](OC(=O)COc1ccc(F)cc1)C(=O)Nc1ccc(F)c(Cl)c1. The Labute approximate surface area is 147 Å². The van der Waals surface area contributed by atoms with Crippen molar-refractivity contribution >= 4 is 29.2 Å². The second kappa shape index (κ2) is 8.43. The number of hydrogen-bond donors (Lipinski definition) is 1. The van der Waals surface area contributed by atoms with E-state index in [1.165, 1.54) is 43.3 Å². The second-order valence-corrected chi connectivity index (χ2v) is 5.40. The summed E-state index contributed by atoms with van der Waals surface area (Å²) in [5.41, 5.74) is 0.266. The van der Waals surface area contributed by atoms with Gasteiger partial charge in [-0.1, -0.05) is 11.6 Å². The van der Waals surface area contributed by atoms with Crippen LogP contribution in [0.25, 0.3) is 0 Å². The van der Waals surface area contributed by atoms with Gasteiger partial charge < -0.3 is 14.8 Å². The van der Waals surface area contributed by atoms with E-state index in [0.717, 1.165) is 6.07 Å². The highest BCUT2D eigenvalue weighted by atomic mass is 35.5. The van der Waals surface area contributed by atoms with Crippen molar-refractivity contribution in [1.29, 1.82) is 0 Å². The summed E-state index contributed by atoms with van der Waals surface area (Å²) >= 11 is 5.62. The molecule has 25 heavy (non-hydrogen) atoms. The Kier molecular flexibility index (Phi) is 6.30. The van der Waals surface area contributed by atoms with Gasteiger partial charge in [-0.15, -0.1) is 0 Å². The van der Waals surface area contributed by atoms with Gasteiger partial charge in [-0.2, -0.15) is 0 Å². The zero-order valence-electron chi connectivity index (χ0n) is 13.1. The average Bonchev–Trinajstić information content (AvgIpc) is 2.57. The van der Waals surface area contributed by atoms with E-state index in [1.807, 2.05) is 0 Å². The topological polar surface area (TPSA) is 64.6 Å². The maximum absolute atomic E-state index is 13.1. The third-order valence-corrected chi connectivity index (χ3v) is 3.32. The van der Waals surface area contributed by atoms with Crippen LogP contribution >= 0.6 is 11.6 Å². The van der Waals surface area contributed by atoms with Crippen LogP contribution in [0.1, 0.15) is 6.92 Å². The fourth-order valence-corrected chi connectivity index (χ4v) is 1.96. The average molecular weight is 370 g/mol. The highest BCUT2D eigenvalue weighted by Gasteiger charge is 2.18. The van der Waals surface area contributed by atoms with E-state index in [-0.39, 0.29) is 16.5 Å². The van der Waals surface area contributed by atoms with E-state index >= 15 is 0 Å². The van der Waals surface area contributed by atoms with E-state index in [2.05, 4.69) is 5.32 Å². The number of benzene rings is 2. The third kappa shape index (κ3) is 5.72. The Morgan fingerprint density at radius 1 is 1.16 bits per heavy atom. The summed E-state index contributed by atoms with van der Waals surface area (Å²) in [6, 6.07) is 8.75. The predicted octanol–water partition coefficient (Wildman–Crippen LogP) is 3.57. The molecule has 0 aliphatic rings. The zero-order chi connectivity index (χ0) is 18.4. The van der Waals surface area contributed by atoms with Crippen LogP contribution in [-0.4, -0.2) is 24.6 Å². The molecule has 0 saturated heterocycles. The lowest BCUT2D eigenvalue weighted by Crippen LogP contribution is -2.31. The first kappa shape index (κ1) is 18.7. The van der Waals surface area contributed by atoms with Crippen molar-refractivity contribution in [3.8, 4) is 5.75 Å². The molecule has 0 bridgehead atoms. The molecule has 2 aromatic carbocycles. The molecule has 1 atom stereocenters. The van der Waals surface area contributed by atoms with Gasteiger partial charge in [0.15, 0.2) is 12.7 Å². The van der Waals surface area contributed by atoms with Gasteiger partial charge in [0.2, 0.25) is 0 Å². The van der Waals surface area contributed by atoms with Crippen LogP contribution in [0.15, 0.2) is 42.5 Å². The molecule has 0 aliphatic carbocycles. The smallest absolute Gasteiger partial charge is 0.344 e. The lowest BCUT2D eigenvalue weighted by atomic mass is 10.3. The normalized spacial score (nSPS) is 11.5. The number of ether oxygens (including phenoxy) is 2. The van der Waals surface area contributed by atoms with Crippen LogP contribution in [-0.2, 0) is 14.3 Å². The van der Waals surface area contributed by atoms with Gasteiger partial charge in [0.05, 0.1) is 5.02 Å². The number of carbonyl (C=O) groups is 2. The van der Waals surface area contributed by atoms with E-state index in [0.29, 0.717) is 0 Å². The molecule has 2 rings (SSSR count). The van der Waals surface area contributed by atoms with Crippen molar-refractivity contribution in [3.63, 3.8) is 0 Å². The molecule has 0 radical (unpaired) electrons. The molecule has 132 valence electrons. The zero-order valence-corrected chi connectivity index (χ0v) is 13.8. The molecular weight excluding hydrogens is 356 g/mol. The molecule has 8 heteroatoms. The summed E-state index contributed by atoms with van der Waals surface area (Å²) in [5, 5.41) is 2.30. The van der Waals surface area contributed by atoms with Gasteiger partial charge >= 0.3 is 5.97 Å². The molecule has 0 unspecified atom stereocenters. The lowest BCUT2D eigenvalue weighted by Gasteiger charge is -2.14. The summed E-state index contributed by atoms with van der Waals surface area (Å²) in [6.07, 6.45) is -1.10. The Bertz CT molecular complexity index is 768. The Hall–Kier alpha value is -2.67. The van der Waals surface area contributed by atoms with Gasteiger partial charge in [-0.3, -0.25) is 4.79 Å². The second-order valence-electron chi connectivity index (χ2n) is 4.99. The van der Waals surface area contributed by atoms with Crippen LogP contribution in [0.5, 0.6) is 5.75 Å². The van der Waals surface area contributed by atoms with Crippen molar-refractivity contribution in [2.45, 2.75) is 13.0 Å². The largest absolute Gasteiger partial charge is 0.482 e. The monoisotopic (exact) mass is 369 g/mol. The maximum Gasteiger partial charge on any atom is 0.344 e. The molecule has 0 heterocycles. The molecule has 1 N–H and O–H groups in total. The number of carbonyl (C=O) groups excluding carboxylic acids is 2. The van der Waals surface area contributed by atoms with E-state index < -0.39 is 36.2 Å². The van der Waals surface area contributed by atoms with Gasteiger partial charge in [-0.05, 0) is 49.4 Å². The molecule has 0 aromatic heterocycles. The standard InChI is InChI=1S/C17H14ClF2NO4/c1-10(17(23)21-12-4-7-15(20)14(18)8-12)25-16(22)9-24-13-5-2-11(19)3-6-13/h2-8,10H,9H2,1H3,(H,21,23)/t10-/m1/s1. The summed E-state index contributed by atoms with van der Waals surface area (Å²) in [5.74, 6) is -2.14. The summed E-state index contributed by atoms with van der Waals surface area (Å²) < 4.78 is 35.9. The van der Waals surface area contributed by atoms with E-state index in [1.54, 1.807) is 0 Å². The van der Waals surface area contributed by atoms with Crippen molar-refractivity contribution in [1.82, 2.24) is 0 Å². The molecule has 0 fully saturated rings. The fourth-order valence-electron chi connectivity index (χ4n) is 1.78. The third-order valence-electron chi connectivity index (χ3n) is 3.03. The van der Waals surface area contributed by atoms with E-state index in [9.17, 15) is 18.4 Å². The quantitative estimate of drug-likeness (QED) is 0.791. The highest BCUT2D eigenvalue weighted by Crippen LogP contribution is 2.19. The molecule has 1 amide bonds. The number of nitrogens with one attached hydrogen (secondary N) is 1. The van der Waals surface area contributed by atoms with Gasteiger partial charge in [0.25, 0.3) is 5.91 Å². The van der Waals surface area contributed by atoms with Crippen molar-refractivity contribution in [2.75, 3.05) is 11.9 Å². The van der Waals surface area contributed by atoms with E-state index in [4.69, 9.17) is 21.1 Å². The van der Waals surface area contributed by atoms with Crippen LogP contribution in [0.3, 0.4) is 0 Å². The minimum Gasteiger partial charge on any atom is -0.482 e. The number of esters is 1. The van der Waals surface area contributed by atoms with Crippen molar-refractivity contribution < 1.29 is 27.8 Å². The number of amides is 1. The summed E-state index contributed by atoms with van der Waals surface area (Å²) in [6.45, 7) is 0.932.